The highest BCUT2D eigenvalue weighted by Crippen LogP contribution is 2.35. The first-order valence-electron chi connectivity index (χ1n) is 13.8. The van der Waals surface area contributed by atoms with Crippen LogP contribution < -0.4 is 4.90 Å². The maximum atomic E-state index is 14.5. The average molecular weight is 559 g/mol. The van der Waals surface area contributed by atoms with Gasteiger partial charge in [0.1, 0.15) is 5.66 Å². The highest BCUT2D eigenvalue weighted by molar-refractivity contribution is 7.26. The molecule has 0 spiro atoms. The lowest BCUT2D eigenvalue weighted by atomic mass is 9.77. The van der Waals surface area contributed by atoms with Gasteiger partial charge in [-0.05, 0) is 88.7 Å². The van der Waals surface area contributed by atoms with Gasteiger partial charge >= 0.3 is 0 Å². The van der Waals surface area contributed by atoms with E-state index in [9.17, 15) is 14.2 Å². The topological polar surface area (TPSA) is 66.9 Å². The van der Waals surface area contributed by atoms with Crippen molar-refractivity contribution < 1.29 is 18.9 Å². The van der Waals surface area contributed by atoms with Crippen LogP contribution in [-0.4, -0.2) is 68.1 Å². The van der Waals surface area contributed by atoms with Crippen molar-refractivity contribution in [1.29, 1.82) is 0 Å². The lowest BCUT2D eigenvalue weighted by Crippen LogP contribution is -2.55. The van der Waals surface area contributed by atoms with Gasteiger partial charge in [-0.1, -0.05) is 48.0 Å². The first-order chi connectivity index (χ1) is 19.2. The number of morpholine rings is 1. The number of benzene rings is 3. The number of hydrogen-bond donors (Lipinski definition) is 0. The summed E-state index contributed by atoms with van der Waals surface area (Å²) < 4.78 is 18.1. The van der Waals surface area contributed by atoms with Crippen molar-refractivity contribution in [3.63, 3.8) is 0 Å². The highest BCUT2D eigenvalue weighted by atomic mass is 31.1. The van der Waals surface area contributed by atoms with Crippen LogP contribution in [-0.2, 0) is 15.7 Å². The van der Waals surface area contributed by atoms with Crippen LogP contribution in [0.3, 0.4) is 0 Å². The van der Waals surface area contributed by atoms with E-state index in [4.69, 9.17) is 4.74 Å². The van der Waals surface area contributed by atoms with Gasteiger partial charge in [-0.15, -0.1) is 0 Å². The monoisotopic (exact) mass is 558 g/mol. The van der Waals surface area contributed by atoms with Crippen LogP contribution in [0.2, 0.25) is 0 Å². The standard InChI is InChI=1S/C33H39N2O4P/c1-23-19-24(2)30(25(3)20-23)31(36)29(40-38)22-33(34(4)5,21-26-9-7-6-8-10-26)32(37)27-11-13-28(14-12-27)35-15-17-39-18-16-35/h6-14,19-20,29H,15-18,21-22H2,1-5H3. The predicted molar refractivity (Wildman–Crippen MR) is 161 cm³/mol. The maximum absolute atomic E-state index is 14.5. The van der Waals surface area contributed by atoms with Gasteiger partial charge < -0.3 is 9.64 Å². The molecular formula is C33H39N2O4P. The number of Topliss-reactive ketones (excluding diaryl/α,β-unsaturated/α-hetero) is 2. The molecule has 1 saturated heterocycles. The van der Waals surface area contributed by atoms with Gasteiger partial charge in [0.25, 0.3) is 0 Å². The fourth-order valence-electron chi connectivity index (χ4n) is 5.87. The SMILES string of the molecule is Cc1cc(C)c(C(=O)C(CC(Cc2ccccc2)(C(=O)c2ccc(N3CCOCC3)cc2)N(C)C)P=O)c(C)c1. The predicted octanol–water partition coefficient (Wildman–Crippen LogP) is 6.11. The second-order valence-electron chi connectivity index (χ2n) is 11.0. The Morgan fingerprint density at radius 2 is 1.55 bits per heavy atom. The Balaban J connectivity index is 1.73. The van der Waals surface area contributed by atoms with E-state index in [0.29, 0.717) is 30.8 Å². The summed E-state index contributed by atoms with van der Waals surface area (Å²) in [6.45, 7) is 8.82. The van der Waals surface area contributed by atoms with Crippen molar-refractivity contribution in [1.82, 2.24) is 4.90 Å². The number of hydrogen-bond acceptors (Lipinski definition) is 6. The Hall–Kier alpha value is -3.18. The summed E-state index contributed by atoms with van der Waals surface area (Å²) in [5.41, 5.74) is 4.02. The lowest BCUT2D eigenvalue weighted by Gasteiger charge is -2.40. The maximum Gasteiger partial charge on any atom is 0.183 e. The van der Waals surface area contributed by atoms with Crippen LogP contribution in [0.25, 0.3) is 0 Å². The molecule has 210 valence electrons. The molecule has 1 aliphatic rings. The molecular weight excluding hydrogens is 519 g/mol. The van der Waals surface area contributed by atoms with Crippen LogP contribution in [0.4, 0.5) is 5.69 Å². The first-order valence-corrected chi connectivity index (χ1v) is 14.7. The van der Waals surface area contributed by atoms with Gasteiger partial charge in [-0.25, -0.2) is 0 Å². The number of anilines is 1. The molecule has 0 bridgehead atoms. The molecule has 6 nitrogen and oxygen atoms in total. The normalized spacial score (nSPS) is 16.1. The van der Waals surface area contributed by atoms with Crippen molar-refractivity contribution >= 4 is 25.7 Å². The van der Waals surface area contributed by atoms with Crippen molar-refractivity contribution in [3.8, 4) is 0 Å². The number of carbonyl (C=O) groups excluding carboxylic acids is 2. The fraction of sp³-hybridized carbons (Fsp3) is 0.394. The quantitative estimate of drug-likeness (QED) is 0.209. The van der Waals surface area contributed by atoms with Crippen molar-refractivity contribution in [3.05, 3.63) is 100 Å². The van der Waals surface area contributed by atoms with E-state index < -0.39 is 11.2 Å². The minimum atomic E-state index is -1.09. The number of carbonyl (C=O) groups is 2. The zero-order valence-corrected chi connectivity index (χ0v) is 25.0. The third-order valence-electron chi connectivity index (χ3n) is 8.01. The molecule has 0 N–H and O–H groups in total. The third kappa shape index (κ3) is 6.41. The highest BCUT2D eigenvalue weighted by Gasteiger charge is 2.45. The number of likely N-dealkylation sites (N-methyl/N-ethyl adjacent to an activating group) is 1. The van der Waals surface area contributed by atoms with Crippen molar-refractivity contribution in [2.24, 2.45) is 0 Å². The number of rotatable bonds is 11. The summed E-state index contributed by atoms with van der Waals surface area (Å²) in [5, 5.41) is 0. The molecule has 7 heteroatoms. The largest absolute Gasteiger partial charge is 0.378 e. The smallest absolute Gasteiger partial charge is 0.183 e. The number of ether oxygens (including phenoxy) is 1. The van der Waals surface area contributed by atoms with E-state index in [0.717, 1.165) is 41.0 Å². The van der Waals surface area contributed by atoms with Crippen LogP contribution in [0, 0.1) is 20.8 Å². The van der Waals surface area contributed by atoms with Gasteiger partial charge in [0.2, 0.25) is 0 Å². The van der Waals surface area contributed by atoms with Gasteiger partial charge in [0.15, 0.2) is 20.0 Å². The molecule has 3 aromatic rings. The van der Waals surface area contributed by atoms with Crippen LogP contribution in [0.15, 0.2) is 66.7 Å². The van der Waals surface area contributed by atoms with Gasteiger partial charge in [-0.2, -0.15) is 0 Å². The summed E-state index contributed by atoms with van der Waals surface area (Å²) in [4.78, 5) is 32.6. The zero-order chi connectivity index (χ0) is 28.9. The second kappa shape index (κ2) is 13.0. The van der Waals surface area contributed by atoms with E-state index in [2.05, 4.69) is 4.90 Å². The molecule has 0 amide bonds. The molecule has 1 fully saturated rings. The Morgan fingerprint density at radius 1 is 0.950 bits per heavy atom. The summed E-state index contributed by atoms with van der Waals surface area (Å²) in [7, 11) is 3.45. The minimum absolute atomic E-state index is 0.0892. The van der Waals surface area contributed by atoms with Gasteiger partial charge in [0.05, 0.1) is 18.8 Å². The Kier molecular flexibility index (Phi) is 9.68. The summed E-state index contributed by atoms with van der Waals surface area (Å²) in [6, 6.07) is 21.5. The first kappa shape index (κ1) is 29.8. The second-order valence-corrected chi connectivity index (χ2v) is 11.9. The van der Waals surface area contributed by atoms with E-state index in [1.165, 1.54) is 0 Å². The van der Waals surface area contributed by atoms with Crippen LogP contribution >= 0.6 is 8.46 Å². The molecule has 2 atom stereocenters. The van der Waals surface area contributed by atoms with Gasteiger partial charge in [0, 0.05) is 29.9 Å². The van der Waals surface area contributed by atoms with E-state index in [1.807, 2.05) is 106 Å². The van der Waals surface area contributed by atoms with E-state index >= 15 is 0 Å². The molecule has 40 heavy (non-hydrogen) atoms. The number of aryl methyl sites for hydroxylation is 3. The van der Waals surface area contributed by atoms with Crippen LogP contribution in [0.1, 0.15) is 49.4 Å². The van der Waals surface area contributed by atoms with Crippen molar-refractivity contribution in [2.45, 2.75) is 44.8 Å². The Morgan fingerprint density at radius 3 is 2.10 bits per heavy atom. The summed E-state index contributed by atoms with van der Waals surface area (Å²) in [6.07, 6.45) is 0.506. The Bertz CT molecular complexity index is 1330. The Labute approximate surface area is 239 Å². The molecule has 4 rings (SSSR count). The zero-order valence-electron chi connectivity index (χ0n) is 24.1. The molecule has 0 radical (unpaired) electrons. The molecule has 0 aliphatic carbocycles. The lowest BCUT2D eigenvalue weighted by molar-refractivity contribution is 0.0642. The molecule has 0 aromatic heterocycles. The molecule has 1 aliphatic heterocycles. The van der Waals surface area contributed by atoms with E-state index in [-0.39, 0.29) is 26.4 Å². The van der Waals surface area contributed by atoms with Crippen LogP contribution in [0.5, 0.6) is 0 Å². The summed E-state index contributed by atoms with van der Waals surface area (Å²) >= 11 is 0. The van der Waals surface area contributed by atoms with E-state index in [1.54, 1.807) is 0 Å². The fourth-order valence-corrected chi connectivity index (χ4v) is 6.47. The summed E-state index contributed by atoms with van der Waals surface area (Å²) in [5.74, 6) is -0.282. The number of nitrogens with zero attached hydrogens (tertiary/aromatic N) is 2. The average Bonchev–Trinajstić information content (AvgIpc) is 2.95. The molecule has 1 heterocycles. The third-order valence-corrected chi connectivity index (χ3v) is 8.68. The molecule has 0 saturated carbocycles. The molecule has 3 aromatic carbocycles. The molecule has 2 unspecified atom stereocenters. The number of ketones is 2. The minimum Gasteiger partial charge on any atom is -0.378 e. The van der Waals surface area contributed by atoms with Crippen molar-refractivity contribution in [2.75, 3.05) is 45.3 Å². The van der Waals surface area contributed by atoms with Gasteiger partial charge in [-0.3, -0.25) is 19.1 Å².